The van der Waals surface area contributed by atoms with Gasteiger partial charge in [0.1, 0.15) is 0 Å². The fourth-order valence-electron chi connectivity index (χ4n) is 2.33. The summed E-state index contributed by atoms with van der Waals surface area (Å²) in [6.45, 7) is 5.47. The van der Waals surface area contributed by atoms with Crippen LogP contribution in [0.4, 0.5) is 16.2 Å². The molecule has 132 valence electrons. The number of hydrogen-bond acceptors (Lipinski definition) is 4. The van der Waals surface area contributed by atoms with Crippen molar-refractivity contribution in [1.82, 2.24) is 5.32 Å². The summed E-state index contributed by atoms with van der Waals surface area (Å²) in [6, 6.07) is 12.0. The van der Waals surface area contributed by atoms with E-state index >= 15 is 0 Å². The van der Waals surface area contributed by atoms with E-state index in [-0.39, 0.29) is 6.03 Å². The summed E-state index contributed by atoms with van der Waals surface area (Å²) < 4.78 is 0. The molecule has 0 aliphatic rings. The van der Waals surface area contributed by atoms with Gasteiger partial charge in [-0.25, -0.2) is 4.79 Å². The Hall–Kier alpha value is -2.73. The second kappa shape index (κ2) is 7.44. The Morgan fingerprint density at radius 3 is 2.60 bits per heavy atom. The van der Waals surface area contributed by atoms with E-state index in [1.54, 1.807) is 25.1 Å². The van der Waals surface area contributed by atoms with Crippen LogP contribution in [0.5, 0.6) is 0 Å². The molecule has 0 radical (unpaired) electrons. The molecule has 0 unspecified atom stereocenters. The first-order valence-electron chi connectivity index (χ1n) is 7.66. The number of anilines is 2. The van der Waals surface area contributed by atoms with Crippen LogP contribution in [0.15, 0.2) is 47.6 Å². The number of hydrogen-bond donors (Lipinski definition) is 4. The van der Waals surface area contributed by atoms with Crippen molar-refractivity contribution in [2.24, 2.45) is 5.16 Å². The van der Waals surface area contributed by atoms with Crippen molar-refractivity contribution in [2.45, 2.75) is 26.3 Å². The zero-order chi connectivity index (χ0) is 18.6. The van der Waals surface area contributed by atoms with Crippen molar-refractivity contribution in [3.05, 3.63) is 58.6 Å². The summed E-state index contributed by atoms with van der Waals surface area (Å²) in [4.78, 5) is 12.3. The average molecular weight is 361 g/mol. The molecule has 6 nitrogen and oxygen atoms in total. The predicted molar refractivity (Wildman–Crippen MR) is 101 cm³/mol. The van der Waals surface area contributed by atoms with Crippen LogP contribution in [0.25, 0.3) is 0 Å². The number of benzene rings is 2. The largest absolute Gasteiger partial charge is 0.411 e. The third-order valence-electron chi connectivity index (χ3n) is 3.83. The lowest BCUT2D eigenvalue weighted by Gasteiger charge is -2.27. The van der Waals surface area contributed by atoms with Crippen molar-refractivity contribution in [3.8, 4) is 0 Å². The van der Waals surface area contributed by atoms with E-state index in [1.807, 2.05) is 38.1 Å². The first-order valence-corrected chi connectivity index (χ1v) is 8.04. The van der Waals surface area contributed by atoms with Gasteiger partial charge in [0.15, 0.2) is 0 Å². The molecule has 0 saturated heterocycles. The summed E-state index contributed by atoms with van der Waals surface area (Å²) in [7, 11) is 0. The van der Waals surface area contributed by atoms with Gasteiger partial charge in [-0.15, -0.1) is 0 Å². The lowest BCUT2D eigenvalue weighted by Crippen LogP contribution is -2.43. The number of carbonyl (C=O) groups excluding carboxylic acids is 1. The molecular formula is C18H21ClN4O2. The highest BCUT2D eigenvalue weighted by molar-refractivity contribution is 6.33. The smallest absolute Gasteiger partial charge is 0.319 e. The van der Waals surface area contributed by atoms with E-state index in [1.165, 1.54) is 0 Å². The Balaban J connectivity index is 2.14. The Labute approximate surface area is 151 Å². The zero-order valence-corrected chi connectivity index (χ0v) is 15.1. The Kier molecular flexibility index (Phi) is 5.54. The summed E-state index contributed by atoms with van der Waals surface area (Å²) in [5.74, 6) is 0. The fourth-order valence-corrected chi connectivity index (χ4v) is 2.45. The van der Waals surface area contributed by atoms with Gasteiger partial charge in [0, 0.05) is 5.69 Å². The number of nitrogens with one attached hydrogen (secondary N) is 2. The van der Waals surface area contributed by atoms with Gasteiger partial charge in [0.25, 0.3) is 0 Å². The SMILES string of the molecule is C/C(=N\O)c1cccc(C(C)(C)NC(=O)Nc2ccc(Cl)c(N)c2)c1. The normalized spacial score (nSPS) is 11.9. The number of nitrogens with zero attached hydrogens (tertiary/aromatic N) is 1. The summed E-state index contributed by atoms with van der Waals surface area (Å²) in [5, 5.41) is 18.2. The van der Waals surface area contributed by atoms with Gasteiger partial charge in [-0.3, -0.25) is 0 Å². The Morgan fingerprint density at radius 1 is 1.24 bits per heavy atom. The van der Waals surface area contributed by atoms with Crippen molar-refractivity contribution in [2.75, 3.05) is 11.1 Å². The third-order valence-corrected chi connectivity index (χ3v) is 4.18. The highest BCUT2D eigenvalue weighted by atomic mass is 35.5. The van der Waals surface area contributed by atoms with Gasteiger partial charge in [-0.1, -0.05) is 35.0 Å². The van der Waals surface area contributed by atoms with Crippen molar-refractivity contribution >= 4 is 34.7 Å². The number of amides is 2. The number of rotatable bonds is 4. The highest BCUT2D eigenvalue weighted by Crippen LogP contribution is 2.24. The van der Waals surface area contributed by atoms with Crippen LogP contribution in [0.1, 0.15) is 31.9 Å². The van der Waals surface area contributed by atoms with Crippen molar-refractivity contribution < 1.29 is 10.0 Å². The van der Waals surface area contributed by atoms with E-state index < -0.39 is 5.54 Å². The number of carbonyl (C=O) groups is 1. The second-order valence-electron chi connectivity index (χ2n) is 6.21. The van der Waals surface area contributed by atoms with Crippen LogP contribution in [0.3, 0.4) is 0 Å². The van der Waals surface area contributed by atoms with Crippen LogP contribution >= 0.6 is 11.6 Å². The average Bonchev–Trinajstić information content (AvgIpc) is 2.57. The van der Waals surface area contributed by atoms with Crippen LogP contribution in [0, 0.1) is 0 Å². The van der Waals surface area contributed by atoms with Crippen LogP contribution in [0.2, 0.25) is 5.02 Å². The summed E-state index contributed by atoms with van der Waals surface area (Å²) in [5.41, 5.74) is 8.19. The van der Waals surface area contributed by atoms with Gasteiger partial charge in [-0.2, -0.15) is 0 Å². The minimum Gasteiger partial charge on any atom is -0.411 e. The molecule has 0 bridgehead atoms. The molecule has 2 rings (SSSR count). The maximum atomic E-state index is 12.3. The third kappa shape index (κ3) is 4.64. The molecule has 25 heavy (non-hydrogen) atoms. The zero-order valence-electron chi connectivity index (χ0n) is 14.3. The predicted octanol–water partition coefficient (Wildman–Crippen LogP) is 4.18. The minimum absolute atomic E-state index is 0.371. The number of oxime groups is 1. The fraction of sp³-hybridized carbons (Fsp3) is 0.222. The molecule has 0 aliphatic heterocycles. The molecule has 0 fully saturated rings. The molecule has 0 aliphatic carbocycles. The molecule has 2 aromatic carbocycles. The second-order valence-corrected chi connectivity index (χ2v) is 6.61. The quantitative estimate of drug-likeness (QED) is 0.285. The number of nitrogen functional groups attached to an aromatic ring is 1. The Morgan fingerprint density at radius 2 is 1.96 bits per heavy atom. The van der Waals surface area contributed by atoms with E-state index in [0.29, 0.717) is 22.1 Å². The summed E-state index contributed by atoms with van der Waals surface area (Å²) >= 11 is 5.88. The first kappa shape index (κ1) is 18.6. The molecule has 2 amide bonds. The molecule has 7 heteroatoms. The van der Waals surface area contributed by atoms with Crippen molar-refractivity contribution in [3.63, 3.8) is 0 Å². The lowest BCUT2D eigenvalue weighted by atomic mass is 9.92. The molecule has 0 spiro atoms. The molecule has 0 heterocycles. The van der Waals surface area contributed by atoms with E-state index in [0.717, 1.165) is 11.1 Å². The molecule has 2 aromatic rings. The summed E-state index contributed by atoms with van der Waals surface area (Å²) in [6.07, 6.45) is 0. The van der Waals surface area contributed by atoms with E-state index in [2.05, 4.69) is 15.8 Å². The monoisotopic (exact) mass is 360 g/mol. The van der Waals surface area contributed by atoms with Gasteiger partial charge in [0.2, 0.25) is 0 Å². The number of halogens is 1. The van der Waals surface area contributed by atoms with Gasteiger partial charge in [-0.05, 0) is 56.2 Å². The molecule has 0 atom stereocenters. The standard InChI is InChI=1S/C18H21ClN4O2/c1-11(23-25)12-5-4-6-13(9-12)18(2,3)22-17(24)21-14-7-8-15(19)16(20)10-14/h4-10,25H,20H2,1-3H3,(H2,21,22,24)/b23-11+. The molecule has 0 aromatic heterocycles. The lowest BCUT2D eigenvalue weighted by molar-refractivity contribution is 0.242. The number of nitrogens with two attached hydrogens (primary N) is 1. The van der Waals surface area contributed by atoms with Crippen LogP contribution in [-0.2, 0) is 5.54 Å². The number of urea groups is 1. The van der Waals surface area contributed by atoms with Crippen LogP contribution < -0.4 is 16.4 Å². The molecule has 5 N–H and O–H groups in total. The van der Waals surface area contributed by atoms with Crippen molar-refractivity contribution in [1.29, 1.82) is 0 Å². The van der Waals surface area contributed by atoms with Gasteiger partial charge >= 0.3 is 6.03 Å². The maximum absolute atomic E-state index is 12.3. The van der Waals surface area contributed by atoms with E-state index in [9.17, 15) is 4.79 Å². The minimum atomic E-state index is -0.645. The first-order chi connectivity index (χ1) is 11.7. The Bertz CT molecular complexity index is 818. The van der Waals surface area contributed by atoms with Crippen LogP contribution in [-0.4, -0.2) is 17.0 Å². The van der Waals surface area contributed by atoms with Gasteiger partial charge in [0.05, 0.1) is 22.0 Å². The topological polar surface area (TPSA) is 99.7 Å². The molecular weight excluding hydrogens is 340 g/mol. The van der Waals surface area contributed by atoms with E-state index in [4.69, 9.17) is 22.5 Å². The maximum Gasteiger partial charge on any atom is 0.319 e. The highest BCUT2D eigenvalue weighted by Gasteiger charge is 2.23. The molecule has 0 saturated carbocycles. The van der Waals surface area contributed by atoms with Gasteiger partial charge < -0.3 is 21.6 Å².